The Balaban J connectivity index is 1.45. The second-order valence-corrected chi connectivity index (χ2v) is 9.95. The van der Waals surface area contributed by atoms with Crippen LogP contribution in [0, 0.1) is 13.8 Å². The van der Waals surface area contributed by atoms with Gasteiger partial charge >= 0.3 is 11.9 Å². The first-order valence-corrected chi connectivity index (χ1v) is 13.2. The zero-order valence-corrected chi connectivity index (χ0v) is 23.7. The largest absolute Gasteiger partial charge is 0.478 e. The van der Waals surface area contributed by atoms with Gasteiger partial charge < -0.3 is 25.6 Å². The van der Waals surface area contributed by atoms with Gasteiger partial charge in [0.1, 0.15) is 5.56 Å². The van der Waals surface area contributed by atoms with Crippen molar-refractivity contribution in [3.05, 3.63) is 120 Å². The van der Waals surface area contributed by atoms with Crippen LogP contribution >= 0.6 is 0 Å². The van der Waals surface area contributed by atoms with E-state index in [1.807, 2.05) is 0 Å². The zero-order chi connectivity index (χ0) is 32.6. The van der Waals surface area contributed by atoms with Crippen molar-refractivity contribution in [3.63, 3.8) is 0 Å². The molecule has 2 aromatic carbocycles. The summed E-state index contributed by atoms with van der Waals surface area (Å²) in [7, 11) is 0. The number of carboxylic acid groups (broad SMARTS) is 2. The first-order chi connectivity index (χ1) is 21.4. The molecule has 0 atom stereocenters. The molecule has 4 aromatic rings. The van der Waals surface area contributed by atoms with Crippen LogP contribution in [-0.4, -0.2) is 49.0 Å². The van der Waals surface area contributed by atoms with Gasteiger partial charge in [-0.25, -0.2) is 14.6 Å². The monoisotopic (exact) mass is 609 g/mol. The third-order valence-electron chi connectivity index (χ3n) is 7.16. The van der Waals surface area contributed by atoms with Gasteiger partial charge in [-0.2, -0.15) is 5.01 Å². The molecule has 0 bridgehead atoms. The van der Waals surface area contributed by atoms with Gasteiger partial charge in [0.05, 0.1) is 27.9 Å². The number of aromatic amines is 2. The summed E-state index contributed by atoms with van der Waals surface area (Å²) in [5.74, 6) is -3.70. The fraction of sp³-hybridized carbons (Fsp3) is 0.0645. The Kier molecular flexibility index (Phi) is 7.71. The number of H-pyrrole nitrogens is 2. The number of amides is 2. The molecule has 3 heterocycles. The second kappa shape index (κ2) is 11.6. The topological polar surface area (TPSA) is 231 Å². The van der Waals surface area contributed by atoms with Crippen molar-refractivity contribution in [2.45, 2.75) is 13.8 Å². The van der Waals surface area contributed by atoms with E-state index in [2.05, 4.69) is 20.4 Å². The van der Waals surface area contributed by atoms with Crippen LogP contribution in [0.25, 0.3) is 12.2 Å². The number of hydrogen-bond donors (Lipinski definition) is 7. The molecule has 8 N–H and O–H groups in total. The summed E-state index contributed by atoms with van der Waals surface area (Å²) in [6, 6.07) is 11.1. The maximum absolute atomic E-state index is 13.2. The van der Waals surface area contributed by atoms with Crippen LogP contribution in [0.1, 0.15) is 58.1 Å². The number of carbonyl (C=O) groups excluding carboxylic acids is 2. The predicted molar refractivity (Wildman–Crippen MR) is 160 cm³/mol. The van der Waals surface area contributed by atoms with Crippen molar-refractivity contribution in [1.82, 2.24) is 9.97 Å². The summed E-state index contributed by atoms with van der Waals surface area (Å²) in [6.45, 7) is 3.15. The van der Waals surface area contributed by atoms with Gasteiger partial charge in [0, 0.05) is 10.9 Å². The van der Waals surface area contributed by atoms with E-state index in [0.29, 0.717) is 22.5 Å². The number of aromatic hydroxyl groups is 1. The highest BCUT2D eigenvalue weighted by molar-refractivity contribution is 6.08. The van der Waals surface area contributed by atoms with Gasteiger partial charge in [-0.1, -0.05) is 6.08 Å². The van der Waals surface area contributed by atoms with Crippen LogP contribution in [0.5, 0.6) is 5.88 Å². The van der Waals surface area contributed by atoms with E-state index in [9.17, 15) is 29.1 Å². The molecular weight excluding hydrogens is 584 g/mol. The molecule has 1 aliphatic rings. The molecule has 0 aliphatic carbocycles. The number of carboxylic acids is 2. The van der Waals surface area contributed by atoms with Crippen molar-refractivity contribution in [1.29, 1.82) is 0 Å². The quantitative estimate of drug-likeness (QED) is 0.151. The van der Waals surface area contributed by atoms with E-state index in [1.165, 1.54) is 66.8 Å². The number of aromatic nitrogens is 2. The minimum Gasteiger partial charge on any atom is -0.478 e. The molecule has 45 heavy (non-hydrogen) atoms. The van der Waals surface area contributed by atoms with E-state index in [4.69, 9.17) is 15.6 Å². The molecule has 0 spiro atoms. The van der Waals surface area contributed by atoms with Crippen LogP contribution in [-0.2, 0) is 0 Å². The molecule has 226 valence electrons. The standard InChI is InChI=1S/C31H24N6O8/c1-14-20(26(38)34-24(32)22(14)28(40)33-18-10-6-16(7-11-18)30(42)43)4-3-5-21-15(2)23-25(35-27(21)39)36-37(29(23)41)19-12-8-17(9-13-19)31(44)45/h3-13H,1-2H3,(H,33,40)(H,42,43)(H,44,45)(H3,32,34,38)(H,35,36,39)/p+1/b4-3-,21-5+. The first kappa shape index (κ1) is 29.9. The van der Waals surface area contributed by atoms with Crippen LogP contribution in [0.3, 0.4) is 0 Å². The summed E-state index contributed by atoms with van der Waals surface area (Å²) in [6.07, 6.45) is 4.35. The lowest BCUT2D eigenvalue weighted by atomic mass is 10.0. The lowest BCUT2D eigenvalue weighted by Crippen LogP contribution is -2.51. The molecular formula is C31H25N6O8+. The van der Waals surface area contributed by atoms with Gasteiger partial charge in [0.25, 0.3) is 28.7 Å². The smallest absolute Gasteiger partial charge is 0.335 e. The number of benzene rings is 2. The van der Waals surface area contributed by atoms with Gasteiger partial charge in [-0.05, 0) is 85.7 Å². The van der Waals surface area contributed by atoms with Crippen molar-refractivity contribution < 1.29 is 39.9 Å². The molecule has 1 aliphatic heterocycles. The molecule has 5 rings (SSSR count). The number of pyridine rings is 2. The third kappa shape index (κ3) is 5.62. The van der Waals surface area contributed by atoms with E-state index in [0.717, 1.165) is 5.01 Å². The number of anilines is 2. The fourth-order valence-electron chi connectivity index (χ4n) is 4.83. The minimum atomic E-state index is -1.12. The normalized spacial score (nSPS) is 12.7. The SMILES string of the molecule is Cc1c(/C=C\C=c2/c(C)c3c([nH]c2=O)=NN(c2ccc(C(=O)O)cc2)C3=O)c(O)[nH]c(=[NH2+])c1C(=O)Nc1ccc(C(=O)O)cc1. The maximum atomic E-state index is 13.2. The lowest BCUT2D eigenvalue weighted by molar-refractivity contribution is -0.179. The fourth-order valence-corrected chi connectivity index (χ4v) is 4.83. The van der Waals surface area contributed by atoms with E-state index >= 15 is 0 Å². The Labute approximate surface area is 252 Å². The van der Waals surface area contributed by atoms with Gasteiger partial charge in [-0.3, -0.25) is 19.8 Å². The van der Waals surface area contributed by atoms with Crippen molar-refractivity contribution in [3.8, 4) is 5.88 Å². The average Bonchev–Trinajstić information content (AvgIpc) is 3.31. The van der Waals surface area contributed by atoms with Gasteiger partial charge in [0.15, 0.2) is 5.49 Å². The average molecular weight is 610 g/mol. The Hall–Kier alpha value is -6.57. The number of nitrogens with one attached hydrogen (secondary N) is 3. The van der Waals surface area contributed by atoms with Crippen molar-refractivity contribution in [2.24, 2.45) is 5.10 Å². The second-order valence-electron chi connectivity index (χ2n) is 9.95. The Bertz CT molecular complexity index is 2200. The highest BCUT2D eigenvalue weighted by Crippen LogP contribution is 2.22. The summed E-state index contributed by atoms with van der Waals surface area (Å²) in [4.78, 5) is 66.6. The predicted octanol–water partition coefficient (Wildman–Crippen LogP) is 0.0228. The van der Waals surface area contributed by atoms with Crippen molar-refractivity contribution >= 4 is 47.3 Å². The number of nitrogens with zero attached hydrogens (tertiary/aromatic N) is 2. The van der Waals surface area contributed by atoms with Crippen LogP contribution in [0.2, 0.25) is 0 Å². The first-order valence-electron chi connectivity index (χ1n) is 13.2. The molecule has 0 saturated heterocycles. The number of nitrogens with two attached hydrogens (primary N) is 1. The molecule has 0 radical (unpaired) electrons. The summed E-state index contributed by atoms with van der Waals surface area (Å²) < 4.78 is 0. The minimum absolute atomic E-state index is 0.0324. The summed E-state index contributed by atoms with van der Waals surface area (Å²) in [5, 5.41) is 42.8. The van der Waals surface area contributed by atoms with E-state index in [1.54, 1.807) is 13.8 Å². The number of carbonyl (C=O) groups is 4. The number of rotatable bonds is 7. The molecule has 0 fully saturated rings. The molecule has 0 saturated carbocycles. The highest BCUT2D eigenvalue weighted by Gasteiger charge is 2.28. The van der Waals surface area contributed by atoms with Crippen molar-refractivity contribution in [2.75, 3.05) is 10.3 Å². The van der Waals surface area contributed by atoms with Gasteiger partial charge in [0.2, 0.25) is 0 Å². The maximum Gasteiger partial charge on any atom is 0.335 e. The molecule has 2 amide bonds. The van der Waals surface area contributed by atoms with Crippen LogP contribution in [0.4, 0.5) is 11.4 Å². The number of aromatic carboxylic acids is 2. The van der Waals surface area contributed by atoms with Crippen LogP contribution in [0.15, 0.2) is 64.5 Å². The Morgan fingerprint density at radius 2 is 1.51 bits per heavy atom. The molecule has 14 nitrogen and oxygen atoms in total. The number of hydrogen-bond acceptors (Lipinski definition) is 7. The van der Waals surface area contributed by atoms with Gasteiger partial charge in [-0.15, -0.1) is 5.10 Å². The molecule has 2 aromatic heterocycles. The third-order valence-corrected chi connectivity index (χ3v) is 7.16. The number of allylic oxidation sites excluding steroid dienone is 1. The Morgan fingerprint density at radius 3 is 2.11 bits per heavy atom. The highest BCUT2D eigenvalue weighted by atomic mass is 16.4. The van der Waals surface area contributed by atoms with Crippen LogP contribution < -0.4 is 37.5 Å². The summed E-state index contributed by atoms with van der Waals surface area (Å²) in [5.41, 5.74) is 1.18. The molecule has 14 heteroatoms. The lowest BCUT2D eigenvalue weighted by Gasteiger charge is -2.12. The van der Waals surface area contributed by atoms with E-state index < -0.39 is 29.3 Å². The summed E-state index contributed by atoms with van der Waals surface area (Å²) >= 11 is 0. The zero-order valence-electron chi connectivity index (χ0n) is 23.7. The van der Waals surface area contributed by atoms with E-state index in [-0.39, 0.29) is 49.9 Å². The molecule has 0 unspecified atom stereocenters. The Morgan fingerprint density at radius 1 is 0.911 bits per heavy atom. The number of fused-ring (bicyclic) bond motifs is 1.